The molecule has 0 bridgehead atoms. The number of hydrogen-bond acceptors (Lipinski definition) is 2. The number of allylic oxidation sites excluding steroid dienone is 6. The molecule has 3 atom stereocenters. The van der Waals surface area contributed by atoms with Crippen molar-refractivity contribution in [2.75, 3.05) is 14.1 Å². The first-order chi connectivity index (χ1) is 7.97. The predicted molar refractivity (Wildman–Crippen MR) is 70.8 cm³/mol. The lowest BCUT2D eigenvalue weighted by Gasteiger charge is -2.38. The van der Waals surface area contributed by atoms with Crippen LogP contribution in [-0.4, -0.2) is 32.5 Å². The molecule has 3 unspecified atom stereocenters. The number of likely N-dealkylation sites (N-methyl/N-ethyl adjacent to an activating group) is 1. The van der Waals surface area contributed by atoms with Crippen LogP contribution in [0.2, 0.25) is 0 Å². The van der Waals surface area contributed by atoms with E-state index in [1.807, 2.05) is 62.4 Å². The lowest BCUT2D eigenvalue weighted by molar-refractivity contribution is 0.466. The van der Waals surface area contributed by atoms with Gasteiger partial charge in [0.2, 0.25) is 0 Å². The van der Waals surface area contributed by atoms with Gasteiger partial charge in [-0.15, -0.1) is 0 Å². The van der Waals surface area contributed by atoms with Crippen LogP contribution in [0.25, 0.3) is 0 Å². The Morgan fingerprint density at radius 3 is 2.65 bits per heavy atom. The highest BCUT2D eigenvalue weighted by molar-refractivity contribution is 7.81. The molecule has 0 fully saturated rings. The van der Waals surface area contributed by atoms with Gasteiger partial charge in [-0.3, -0.25) is 0 Å². The van der Waals surface area contributed by atoms with E-state index in [1.165, 1.54) is 0 Å². The summed E-state index contributed by atoms with van der Waals surface area (Å²) in [6.07, 6.45) is 11.7. The standard InChI is InChI=1S/C13H17NO2S/c1-13(17(15)16)9-5-6-10-11(13)7-4-8-12(10)14(2)3/h4-9,11H,1-3H3,(H,15,16). The molecule has 0 aromatic heterocycles. The molecule has 0 aromatic carbocycles. The van der Waals surface area contributed by atoms with Crippen LogP contribution in [0.1, 0.15) is 6.92 Å². The molecule has 0 saturated heterocycles. The Morgan fingerprint density at radius 2 is 2.06 bits per heavy atom. The van der Waals surface area contributed by atoms with Gasteiger partial charge in [0.05, 0.1) is 4.75 Å². The van der Waals surface area contributed by atoms with Gasteiger partial charge in [-0.05, 0) is 18.6 Å². The van der Waals surface area contributed by atoms with Crippen molar-refractivity contribution in [1.29, 1.82) is 0 Å². The number of fused-ring (bicyclic) bond motifs is 1. The van der Waals surface area contributed by atoms with E-state index in [9.17, 15) is 8.76 Å². The fourth-order valence-corrected chi connectivity index (χ4v) is 2.94. The second-order valence-corrected chi connectivity index (χ2v) is 6.10. The summed E-state index contributed by atoms with van der Waals surface area (Å²) in [7, 11) is 3.96. The summed E-state index contributed by atoms with van der Waals surface area (Å²) < 4.78 is 20.4. The molecular weight excluding hydrogens is 234 g/mol. The van der Waals surface area contributed by atoms with Crippen molar-refractivity contribution in [1.82, 2.24) is 4.90 Å². The minimum atomic E-state index is -1.89. The maximum atomic E-state index is 11.6. The summed E-state index contributed by atoms with van der Waals surface area (Å²) in [6.45, 7) is 1.82. The van der Waals surface area contributed by atoms with Crippen molar-refractivity contribution in [3.8, 4) is 0 Å². The average molecular weight is 251 g/mol. The van der Waals surface area contributed by atoms with Gasteiger partial charge in [-0.2, -0.15) is 0 Å². The summed E-state index contributed by atoms with van der Waals surface area (Å²) in [6, 6.07) is 0. The van der Waals surface area contributed by atoms with Crippen molar-refractivity contribution in [3.05, 3.63) is 47.7 Å². The van der Waals surface area contributed by atoms with Gasteiger partial charge < -0.3 is 9.45 Å². The molecule has 4 heteroatoms. The zero-order valence-corrected chi connectivity index (χ0v) is 11.1. The third kappa shape index (κ3) is 1.91. The highest BCUT2D eigenvalue weighted by atomic mass is 32.2. The summed E-state index contributed by atoms with van der Waals surface area (Å²) in [5.74, 6) is -0.0410. The number of nitrogens with zero attached hydrogens (tertiary/aromatic N) is 1. The molecule has 3 nitrogen and oxygen atoms in total. The lowest BCUT2D eigenvalue weighted by Crippen LogP contribution is -2.40. The molecule has 0 aromatic rings. The molecule has 0 amide bonds. The molecular formula is C13H17NO2S. The van der Waals surface area contributed by atoms with Crippen molar-refractivity contribution in [3.63, 3.8) is 0 Å². The Morgan fingerprint density at radius 1 is 1.35 bits per heavy atom. The van der Waals surface area contributed by atoms with Crippen LogP contribution < -0.4 is 0 Å². The SMILES string of the molecule is CN(C)C1=CC=CC2C1=CC=CC2(C)S(=O)O. The molecule has 0 heterocycles. The first-order valence-corrected chi connectivity index (χ1v) is 6.64. The van der Waals surface area contributed by atoms with Crippen LogP contribution in [0.4, 0.5) is 0 Å². The van der Waals surface area contributed by atoms with Crippen molar-refractivity contribution < 1.29 is 8.76 Å². The molecule has 0 radical (unpaired) electrons. The second kappa shape index (κ2) is 4.27. The van der Waals surface area contributed by atoms with Crippen molar-refractivity contribution in [2.24, 2.45) is 5.92 Å². The van der Waals surface area contributed by atoms with E-state index in [2.05, 4.69) is 0 Å². The van der Waals surface area contributed by atoms with Crippen LogP contribution in [0.15, 0.2) is 47.7 Å². The Labute approximate surface area is 104 Å². The first-order valence-electron chi connectivity index (χ1n) is 5.53. The van der Waals surface area contributed by atoms with E-state index in [0.717, 1.165) is 11.3 Å². The summed E-state index contributed by atoms with van der Waals surface area (Å²) in [5.41, 5.74) is 2.20. The molecule has 1 N–H and O–H groups in total. The van der Waals surface area contributed by atoms with E-state index in [-0.39, 0.29) is 5.92 Å². The Kier molecular flexibility index (Phi) is 3.10. The summed E-state index contributed by atoms with van der Waals surface area (Å²) in [5, 5.41) is 0. The van der Waals surface area contributed by atoms with Crippen LogP contribution in [-0.2, 0) is 11.1 Å². The third-order valence-electron chi connectivity index (χ3n) is 3.37. The van der Waals surface area contributed by atoms with Gasteiger partial charge >= 0.3 is 0 Å². The topological polar surface area (TPSA) is 40.5 Å². The largest absolute Gasteiger partial charge is 0.377 e. The Hall–Kier alpha value is -1.13. The van der Waals surface area contributed by atoms with Crippen molar-refractivity contribution in [2.45, 2.75) is 11.7 Å². The Balaban J connectivity index is 2.47. The monoisotopic (exact) mass is 251 g/mol. The minimum Gasteiger partial charge on any atom is -0.377 e. The molecule has 2 aliphatic rings. The number of hydrogen-bond donors (Lipinski definition) is 1. The van der Waals surface area contributed by atoms with Crippen LogP contribution >= 0.6 is 0 Å². The zero-order valence-electron chi connectivity index (χ0n) is 10.3. The molecule has 2 rings (SSSR count). The summed E-state index contributed by atoms with van der Waals surface area (Å²) >= 11 is -1.89. The van der Waals surface area contributed by atoms with Gasteiger partial charge in [-0.1, -0.05) is 30.4 Å². The second-order valence-electron chi connectivity index (χ2n) is 4.72. The van der Waals surface area contributed by atoms with Gasteiger partial charge in [0, 0.05) is 25.7 Å². The van der Waals surface area contributed by atoms with Gasteiger partial charge in [-0.25, -0.2) is 4.21 Å². The molecule has 92 valence electrons. The molecule has 0 saturated carbocycles. The van der Waals surface area contributed by atoms with Crippen molar-refractivity contribution >= 4 is 11.1 Å². The minimum absolute atomic E-state index is 0.0410. The number of rotatable bonds is 2. The fourth-order valence-electron chi connectivity index (χ4n) is 2.33. The fraction of sp³-hybridized carbons (Fsp3) is 0.385. The highest BCUT2D eigenvalue weighted by Crippen LogP contribution is 2.40. The van der Waals surface area contributed by atoms with Crippen LogP contribution in [0.3, 0.4) is 0 Å². The normalized spacial score (nSPS) is 32.6. The predicted octanol–water partition coefficient (Wildman–Crippen LogP) is 2.09. The zero-order chi connectivity index (χ0) is 12.6. The Bertz CT molecular complexity index is 474. The van der Waals surface area contributed by atoms with E-state index in [4.69, 9.17) is 0 Å². The summed E-state index contributed by atoms with van der Waals surface area (Å²) in [4.78, 5) is 2.03. The maximum absolute atomic E-state index is 11.6. The molecule has 17 heavy (non-hydrogen) atoms. The van der Waals surface area contributed by atoms with Gasteiger partial charge in [0.1, 0.15) is 0 Å². The van der Waals surface area contributed by atoms with Crippen LogP contribution in [0.5, 0.6) is 0 Å². The highest BCUT2D eigenvalue weighted by Gasteiger charge is 2.41. The molecule has 0 aliphatic heterocycles. The third-order valence-corrected chi connectivity index (χ3v) is 4.51. The quantitative estimate of drug-likeness (QED) is 0.764. The van der Waals surface area contributed by atoms with E-state index < -0.39 is 15.8 Å². The lowest BCUT2D eigenvalue weighted by atomic mass is 9.78. The van der Waals surface area contributed by atoms with E-state index in [0.29, 0.717) is 0 Å². The van der Waals surface area contributed by atoms with Crippen LogP contribution in [0, 0.1) is 5.92 Å². The smallest absolute Gasteiger partial charge is 0.163 e. The van der Waals surface area contributed by atoms with E-state index in [1.54, 1.807) is 0 Å². The van der Waals surface area contributed by atoms with Gasteiger partial charge in [0.15, 0.2) is 11.1 Å². The maximum Gasteiger partial charge on any atom is 0.163 e. The molecule has 2 aliphatic carbocycles. The van der Waals surface area contributed by atoms with Gasteiger partial charge in [0.25, 0.3) is 0 Å². The average Bonchev–Trinajstić information content (AvgIpc) is 2.28. The van der Waals surface area contributed by atoms with E-state index >= 15 is 0 Å². The molecule has 0 spiro atoms. The first kappa shape index (κ1) is 12.3.